The maximum absolute atomic E-state index is 5.88. The van der Waals surface area contributed by atoms with Crippen molar-refractivity contribution in [3.63, 3.8) is 0 Å². The second-order valence-corrected chi connectivity index (χ2v) is 8.03. The van der Waals surface area contributed by atoms with Crippen LogP contribution in [0.4, 0.5) is 0 Å². The fourth-order valence-electron chi connectivity index (χ4n) is 4.33. The number of fused-ring (bicyclic) bond motifs is 3. The lowest BCUT2D eigenvalue weighted by molar-refractivity contribution is 0.0294. The smallest absolute Gasteiger partial charge is 0.161 e. The highest BCUT2D eigenvalue weighted by atomic mass is 16.5. The molecule has 0 radical (unpaired) electrons. The first-order valence-corrected chi connectivity index (χ1v) is 9.80. The average molecular weight is 363 g/mol. The number of likely N-dealkylation sites (N-methyl/N-ethyl adjacent to an activating group) is 1. The van der Waals surface area contributed by atoms with Gasteiger partial charge in [0, 0.05) is 38.8 Å². The Morgan fingerprint density at radius 3 is 2.62 bits per heavy atom. The lowest BCUT2D eigenvalue weighted by atomic mass is 9.88. The third-order valence-corrected chi connectivity index (χ3v) is 5.71. The topological polar surface area (TPSA) is 34.2 Å². The zero-order chi connectivity index (χ0) is 18.7. The minimum absolute atomic E-state index is 0.453. The van der Waals surface area contributed by atoms with Crippen LogP contribution in [-0.4, -0.2) is 70.0 Å². The van der Waals surface area contributed by atoms with Crippen LogP contribution in [0.1, 0.15) is 37.4 Å². The molecule has 0 aromatic heterocycles. The number of ether oxygens (including phenoxy) is 3. The van der Waals surface area contributed by atoms with E-state index in [-0.39, 0.29) is 0 Å². The Kier molecular flexibility index (Phi) is 6.43. The van der Waals surface area contributed by atoms with Crippen LogP contribution in [0.5, 0.6) is 11.5 Å². The van der Waals surface area contributed by atoms with Crippen molar-refractivity contribution < 1.29 is 14.2 Å². The fraction of sp³-hybridized carbons (Fsp3) is 0.714. The van der Waals surface area contributed by atoms with Crippen molar-refractivity contribution in [3.05, 3.63) is 23.3 Å². The predicted octanol–water partition coefficient (Wildman–Crippen LogP) is 2.98. The molecule has 3 rings (SSSR count). The van der Waals surface area contributed by atoms with Crippen LogP contribution >= 0.6 is 0 Å². The molecular formula is C21H34N2O3. The maximum atomic E-state index is 5.88. The molecule has 0 spiro atoms. The van der Waals surface area contributed by atoms with Crippen LogP contribution in [-0.2, 0) is 11.2 Å². The molecule has 1 saturated heterocycles. The molecule has 0 saturated carbocycles. The monoisotopic (exact) mass is 362 g/mol. The molecule has 2 aliphatic rings. The number of hydrogen-bond acceptors (Lipinski definition) is 5. The second-order valence-electron chi connectivity index (χ2n) is 8.03. The van der Waals surface area contributed by atoms with Crippen LogP contribution in [0.3, 0.4) is 0 Å². The SMILES string of the molecule is COCCOc1cc2c(cc1OC)[C@H]1CN(C)[C@H](CC(C)C)CN1CC2. The third kappa shape index (κ3) is 4.16. The molecule has 5 nitrogen and oxygen atoms in total. The molecule has 0 unspecified atom stereocenters. The maximum Gasteiger partial charge on any atom is 0.161 e. The molecular weight excluding hydrogens is 328 g/mol. The van der Waals surface area contributed by atoms with Gasteiger partial charge in [0.25, 0.3) is 0 Å². The summed E-state index contributed by atoms with van der Waals surface area (Å²) in [5.74, 6) is 2.40. The van der Waals surface area contributed by atoms with Crippen molar-refractivity contribution >= 4 is 0 Å². The number of rotatable bonds is 7. The molecule has 5 heteroatoms. The molecule has 1 aromatic rings. The van der Waals surface area contributed by atoms with Gasteiger partial charge in [-0.25, -0.2) is 0 Å². The summed E-state index contributed by atoms with van der Waals surface area (Å²) in [5, 5.41) is 0. The summed E-state index contributed by atoms with van der Waals surface area (Å²) in [6.45, 7) is 9.14. The highest BCUT2D eigenvalue weighted by Gasteiger charge is 2.36. The molecule has 2 atom stereocenters. The molecule has 0 bridgehead atoms. The minimum Gasteiger partial charge on any atom is -0.493 e. The Hall–Kier alpha value is -1.30. The zero-order valence-corrected chi connectivity index (χ0v) is 17.0. The van der Waals surface area contributed by atoms with E-state index >= 15 is 0 Å². The van der Waals surface area contributed by atoms with E-state index in [0.29, 0.717) is 25.3 Å². The minimum atomic E-state index is 0.453. The van der Waals surface area contributed by atoms with Gasteiger partial charge in [-0.1, -0.05) is 13.8 Å². The Morgan fingerprint density at radius 1 is 1.12 bits per heavy atom. The van der Waals surface area contributed by atoms with Gasteiger partial charge in [0.15, 0.2) is 11.5 Å². The molecule has 0 aliphatic carbocycles. The van der Waals surface area contributed by atoms with Crippen LogP contribution in [0.2, 0.25) is 0 Å². The average Bonchev–Trinajstić information content (AvgIpc) is 2.61. The Morgan fingerprint density at radius 2 is 1.92 bits per heavy atom. The first kappa shape index (κ1) is 19.5. The number of nitrogens with zero attached hydrogens (tertiary/aromatic N) is 2. The van der Waals surface area contributed by atoms with Crippen molar-refractivity contribution in [1.82, 2.24) is 9.80 Å². The van der Waals surface area contributed by atoms with Crippen molar-refractivity contribution in [2.24, 2.45) is 5.92 Å². The molecule has 2 aliphatic heterocycles. The largest absolute Gasteiger partial charge is 0.493 e. The summed E-state index contributed by atoms with van der Waals surface area (Å²) in [6, 6.07) is 5.49. The van der Waals surface area contributed by atoms with Crippen LogP contribution in [0.15, 0.2) is 12.1 Å². The van der Waals surface area contributed by atoms with E-state index < -0.39 is 0 Å². The van der Waals surface area contributed by atoms with Gasteiger partial charge in [0.2, 0.25) is 0 Å². The fourth-order valence-corrected chi connectivity index (χ4v) is 4.33. The van der Waals surface area contributed by atoms with Gasteiger partial charge >= 0.3 is 0 Å². The van der Waals surface area contributed by atoms with Crippen molar-refractivity contribution in [2.45, 2.75) is 38.8 Å². The van der Waals surface area contributed by atoms with Gasteiger partial charge in [0.05, 0.1) is 13.7 Å². The van der Waals surface area contributed by atoms with Gasteiger partial charge in [-0.2, -0.15) is 0 Å². The summed E-state index contributed by atoms with van der Waals surface area (Å²) in [4.78, 5) is 5.21. The van der Waals surface area contributed by atoms with E-state index in [2.05, 4.69) is 42.8 Å². The van der Waals surface area contributed by atoms with E-state index in [4.69, 9.17) is 14.2 Å². The van der Waals surface area contributed by atoms with Crippen LogP contribution in [0.25, 0.3) is 0 Å². The summed E-state index contributed by atoms with van der Waals surface area (Å²) < 4.78 is 16.6. The van der Waals surface area contributed by atoms with E-state index in [0.717, 1.165) is 43.5 Å². The van der Waals surface area contributed by atoms with Gasteiger partial charge in [-0.3, -0.25) is 4.90 Å². The molecule has 146 valence electrons. The standard InChI is InChI=1S/C21H34N2O3/c1-15(2)10-17-13-23-7-6-16-11-21(26-9-8-24-4)20(25-5)12-18(16)19(23)14-22(17)3/h11-12,15,17,19H,6-10,13-14H2,1-5H3/t17-,19-/m1/s1. The van der Waals surface area contributed by atoms with Gasteiger partial charge in [-0.05, 0) is 49.1 Å². The van der Waals surface area contributed by atoms with Gasteiger partial charge in [0.1, 0.15) is 6.61 Å². The number of piperazine rings is 1. The summed E-state index contributed by atoms with van der Waals surface area (Å²) in [7, 11) is 5.68. The molecule has 1 fully saturated rings. The van der Waals surface area contributed by atoms with E-state index in [1.165, 1.54) is 17.5 Å². The van der Waals surface area contributed by atoms with Crippen LogP contribution < -0.4 is 9.47 Å². The molecule has 0 amide bonds. The van der Waals surface area contributed by atoms with Crippen molar-refractivity contribution in [2.75, 3.05) is 54.1 Å². The summed E-state index contributed by atoms with van der Waals surface area (Å²) in [6.07, 6.45) is 2.34. The molecule has 0 N–H and O–H groups in total. The Bertz CT molecular complexity index is 605. The lowest BCUT2D eigenvalue weighted by Crippen LogP contribution is -2.55. The molecule has 2 heterocycles. The van der Waals surface area contributed by atoms with Gasteiger partial charge in [-0.15, -0.1) is 0 Å². The van der Waals surface area contributed by atoms with E-state index in [1.807, 2.05) is 0 Å². The second kappa shape index (κ2) is 8.59. The van der Waals surface area contributed by atoms with Crippen molar-refractivity contribution in [3.8, 4) is 11.5 Å². The number of hydrogen-bond donors (Lipinski definition) is 0. The third-order valence-electron chi connectivity index (χ3n) is 5.71. The zero-order valence-electron chi connectivity index (χ0n) is 17.0. The van der Waals surface area contributed by atoms with Crippen molar-refractivity contribution in [1.29, 1.82) is 0 Å². The van der Waals surface area contributed by atoms with Crippen LogP contribution in [0, 0.1) is 5.92 Å². The number of benzene rings is 1. The highest BCUT2D eigenvalue weighted by Crippen LogP contribution is 2.40. The Labute approximate surface area is 158 Å². The lowest BCUT2D eigenvalue weighted by Gasteiger charge is -2.48. The summed E-state index contributed by atoms with van der Waals surface area (Å²) in [5.41, 5.74) is 2.80. The first-order chi connectivity index (χ1) is 12.5. The van der Waals surface area contributed by atoms with Gasteiger partial charge < -0.3 is 19.1 Å². The quantitative estimate of drug-likeness (QED) is 0.697. The van der Waals surface area contributed by atoms with E-state index in [1.54, 1.807) is 14.2 Å². The predicted molar refractivity (Wildman–Crippen MR) is 104 cm³/mol. The van der Waals surface area contributed by atoms with E-state index in [9.17, 15) is 0 Å². The number of methoxy groups -OCH3 is 2. The highest BCUT2D eigenvalue weighted by molar-refractivity contribution is 5.49. The Balaban J connectivity index is 1.80. The first-order valence-electron chi connectivity index (χ1n) is 9.80. The normalized spacial score (nSPS) is 23.6. The summed E-state index contributed by atoms with van der Waals surface area (Å²) >= 11 is 0. The molecule has 1 aromatic carbocycles. The molecule has 26 heavy (non-hydrogen) atoms.